The molecule has 37 heavy (non-hydrogen) atoms. The van der Waals surface area contributed by atoms with Crippen LogP contribution in [0.3, 0.4) is 0 Å². The van der Waals surface area contributed by atoms with Gasteiger partial charge in [0.05, 0.1) is 11.4 Å². The second-order valence-electron chi connectivity index (χ2n) is 9.07. The summed E-state index contributed by atoms with van der Waals surface area (Å²) in [5, 5.41) is 12.2. The van der Waals surface area contributed by atoms with Crippen molar-refractivity contribution in [3.05, 3.63) is 120 Å². The van der Waals surface area contributed by atoms with E-state index in [1.807, 2.05) is 83.7 Å². The van der Waals surface area contributed by atoms with Gasteiger partial charge in [0.15, 0.2) is 6.73 Å². The van der Waals surface area contributed by atoms with Crippen LogP contribution in [0.1, 0.15) is 41.4 Å². The first kappa shape index (κ1) is 24.1. The Hall–Kier alpha value is -4.65. The van der Waals surface area contributed by atoms with Crippen molar-refractivity contribution >= 4 is 5.91 Å². The molecule has 0 aliphatic heterocycles. The van der Waals surface area contributed by atoms with Crippen molar-refractivity contribution in [1.82, 2.24) is 24.9 Å². The SMILES string of the molecule is CC(C)c1ccc(OCn2ccc(C(=O)NCc3cn(-c4ccccc4)nc3-c3ccccc3)n2)cc1. The highest BCUT2D eigenvalue weighted by atomic mass is 16.5. The van der Waals surface area contributed by atoms with Crippen molar-refractivity contribution < 1.29 is 9.53 Å². The second kappa shape index (κ2) is 11.0. The average Bonchev–Trinajstić information content (AvgIpc) is 3.59. The molecule has 0 saturated heterocycles. The molecule has 0 atom stereocenters. The molecule has 0 unspecified atom stereocenters. The smallest absolute Gasteiger partial charge is 0.272 e. The van der Waals surface area contributed by atoms with Crippen molar-refractivity contribution in [3.63, 3.8) is 0 Å². The zero-order valence-corrected chi connectivity index (χ0v) is 20.9. The number of ether oxygens (including phenoxy) is 1. The number of rotatable bonds is 9. The molecule has 2 aromatic heterocycles. The minimum Gasteiger partial charge on any atom is -0.471 e. The maximum atomic E-state index is 12.9. The average molecular weight is 492 g/mol. The second-order valence-corrected chi connectivity index (χ2v) is 9.07. The lowest BCUT2D eigenvalue weighted by Crippen LogP contribution is -2.23. The monoisotopic (exact) mass is 491 g/mol. The lowest BCUT2D eigenvalue weighted by atomic mass is 10.0. The minimum absolute atomic E-state index is 0.219. The molecule has 0 bridgehead atoms. The Morgan fingerprint density at radius 1 is 0.892 bits per heavy atom. The molecule has 0 aliphatic rings. The molecule has 5 rings (SSSR count). The first-order valence-electron chi connectivity index (χ1n) is 12.3. The van der Waals surface area contributed by atoms with Crippen LogP contribution >= 0.6 is 0 Å². The molecule has 7 nitrogen and oxygen atoms in total. The third-order valence-corrected chi connectivity index (χ3v) is 6.08. The van der Waals surface area contributed by atoms with Crippen molar-refractivity contribution in [2.75, 3.05) is 0 Å². The van der Waals surface area contributed by atoms with Crippen molar-refractivity contribution in [2.45, 2.75) is 33.0 Å². The standard InChI is InChI=1S/C30H29N5O2/c1-22(2)23-13-15-27(16-14-23)37-21-34-18-17-28(32-34)30(36)31-19-25-20-35(26-11-7-4-8-12-26)33-29(25)24-9-5-3-6-10-24/h3-18,20,22H,19,21H2,1-2H3,(H,31,36). The molecule has 0 radical (unpaired) electrons. The highest BCUT2D eigenvalue weighted by Gasteiger charge is 2.15. The van der Waals surface area contributed by atoms with Crippen LogP contribution in [0.5, 0.6) is 5.75 Å². The van der Waals surface area contributed by atoms with Gasteiger partial charge >= 0.3 is 0 Å². The van der Waals surface area contributed by atoms with Gasteiger partial charge in [-0.3, -0.25) is 4.79 Å². The lowest BCUT2D eigenvalue weighted by molar-refractivity contribution is 0.0944. The van der Waals surface area contributed by atoms with E-state index in [2.05, 4.69) is 36.4 Å². The van der Waals surface area contributed by atoms with E-state index in [9.17, 15) is 4.79 Å². The number of benzene rings is 3. The van der Waals surface area contributed by atoms with Crippen LogP contribution in [0.15, 0.2) is 103 Å². The number of nitrogens with one attached hydrogen (secondary N) is 1. The number of nitrogens with zero attached hydrogens (tertiary/aromatic N) is 4. The molecule has 186 valence electrons. The van der Waals surface area contributed by atoms with Crippen LogP contribution < -0.4 is 10.1 Å². The number of hydrogen-bond acceptors (Lipinski definition) is 4. The van der Waals surface area contributed by atoms with E-state index in [4.69, 9.17) is 9.84 Å². The summed E-state index contributed by atoms with van der Waals surface area (Å²) in [6.45, 7) is 4.85. The number of amides is 1. The van der Waals surface area contributed by atoms with Crippen molar-refractivity contribution in [2.24, 2.45) is 0 Å². The molecule has 0 aliphatic carbocycles. The van der Waals surface area contributed by atoms with Crippen molar-refractivity contribution in [1.29, 1.82) is 0 Å². The summed E-state index contributed by atoms with van der Waals surface area (Å²) >= 11 is 0. The topological polar surface area (TPSA) is 74.0 Å². The third-order valence-electron chi connectivity index (χ3n) is 6.08. The Bertz CT molecular complexity index is 1460. The summed E-state index contributed by atoms with van der Waals surface area (Å²) in [5.41, 5.74) is 5.27. The Balaban J connectivity index is 1.25. The molecule has 3 aromatic carbocycles. The molecule has 1 amide bonds. The molecule has 0 fully saturated rings. The summed E-state index contributed by atoms with van der Waals surface area (Å²) < 4.78 is 9.26. The number of hydrogen-bond donors (Lipinski definition) is 1. The number of aromatic nitrogens is 4. The van der Waals surface area contributed by atoms with Gasteiger partial charge in [-0.25, -0.2) is 9.36 Å². The number of carbonyl (C=O) groups excluding carboxylic acids is 1. The first-order valence-corrected chi connectivity index (χ1v) is 12.3. The van der Waals surface area contributed by atoms with Gasteiger partial charge in [-0.15, -0.1) is 0 Å². The summed E-state index contributed by atoms with van der Waals surface area (Å²) in [5.74, 6) is 0.971. The van der Waals surface area contributed by atoms with Gasteiger partial charge in [-0.1, -0.05) is 74.5 Å². The first-order chi connectivity index (χ1) is 18.1. The van der Waals surface area contributed by atoms with E-state index < -0.39 is 0 Å². The van der Waals surface area contributed by atoms with E-state index >= 15 is 0 Å². The zero-order valence-electron chi connectivity index (χ0n) is 20.9. The van der Waals surface area contributed by atoms with Crippen LogP contribution in [-0.2, 0) is 13.3 Å². The van der Waals surface area contributed by atoms with Gasteiger partial charge in [0.1, 0.15) is 11.4 Å². The molecule has 7 heteroatoms. The van der Waals surface area contributed by atoms with E-state index in [0.29, 0.717) is 18.2 Å². The molecule has 0 spiro atoms. The fraction of sp³-hybridized carbons (Fsp3) is 0.167. The van der Waals surface area contributed by atoms with E-state index in [0.717, 1.165) is 28.3 Å². The Labute approximate surface area is 216 Å². The highest BCUT2D eigenvalue weighted by Crippen LogP contribution is 2.24. The Morgan fingerprint density at radius 3 is 2.30 bits per heavy atom. The predicted molar refractivity (Wildman–Crippen MR) is 144 cm³/mol. The molecule has 0 saturated carbocycles. The molecular formula is C30H29N5O2. The van der Waals surface area contributed by atoms with Gasteiger partial charge in [0.25, 0.3) is 5.91 Å². The fourth-order valence-electron chi connectivity index (χ4n) is 4.00. The summed E-state index contributed by atoms with van der Waals surface area (Å²) in [6.07, 6.45) is 3.69. The molecule has 5 aromatic rings. The third kappa shape index (κ3) is 5.78. The lowest BCUT2D eigenvalue weighted by Gasteiger charge is -2.09. The minimum atomic E-state index is -0.258. The van der Waals surface area contributed by atoms with Gasteiger partial charge in [0.2, 0.25) is 0 Å². The molecular weight excluding hydrogens is 462 g/mol. The van der Waals surface area contributed by atoms with E-state index in [1.165, 1.54) is 5.56 Å². The maximum Gasteiger partial charge on any atom is 0.272 e. The molecule has 1 N–H and O–H groups in total. The normalized spacial score (nSPS) is 11.0. The summed E-state index contributed by atoms with van der Waals surface area (Å²) in [6, 6.07) is 29.6. The van der Waals surface area contributed by atoms with Crippen LogP contribution in [0.4, 0.5) is 0 Å². The van der Waals surface area contributed by atoms with Gasteiger partial charge in [0, 0.05) is 30.1 Å². The van der Waals surface area contributed by atoms with Crippen molar-refractivity contribution in [3.8, 4) is 22.7 Å². The van der Waals surface area contributed by atoms with Gasteiger partial charge < -0.3 is 10.1 Å². The summed E-state index contributed by atoms with van der Waals surface area (Å²) in [4.78, 5) is 12.9. The van der Waals surface area contributed by atoms with Crippen LogP contribution in [-0.4, -0.2) is 25.5 Å². The Kier molecular flexibility index (Phi) is 7.12. The molecule has 2 heterocycles. The fourth-order valence-corrected chi connectivity index (χ4v) is 4.00. The number of para-hydroxylation sites is 1. The summed E-state index contributed by atoms with van der Waals surface area (Å²) in [7, 11) is 0. The maximum absolute atomic E-state index is 12.9. The van der Waals surface area contributed by atoms with Crippen LogP contribution in [0, 0.1) is 0 Å². The predicted octanol–water partition coefficient (Wildman–Crippen LogP) is 5.83. The van der Waals surface area contributed by atoms with Gasteiger partial charge in [-0.2, -0.15) is 10.2 Å². The largest absolute Gasteiger partial charge is 0.471 e. The van der Waals surface area contributed by atoms with Crippen LogP contribution in [0.25, 0.3) is 16.9 Å². The van der Waals surface area contributed by atoms with E-state index in [-0.39, 0.29) is 12.6 Å². The zero-order chi connectivity index (χ0) is 25.6. The Morgan fingerprint density at radius 2 is 1.59 bits per heavy atom. The quantitative estimate of drug-likeness (QED) is 0.282. The number of carbonyl (C=O) groups is 1. The van der Waals surface area contributed by atoms with Crippen LogP contribution in [0.2, 0.25) is 0 Å². The van der Waals surface area contributed by atoms with Gasteiger partial charge in [-0.05, 0) is 41.8 Å². The highest BCUT2D eigenvalue weighted by molar-refractivity contribution is 5.92. The van der Waals surface area contributed by atoms with E-state index in [1.54, 1.807) is 16.9 Å².